The van der Waals surface area contributed by atoms with Gasteiger partial charge in [0.15, 0.2) is 14.8 Å². The highest BCUT2D eigenvalue weighted by Crippen LogP contribution is 2.25. The molecule has 0 radical (unpaired) electrons. The zero-order valence-corrected chi connectivity index (χ0v) is 21.0. The lowest BCUT2D eigenvalue weighted by Crippen LogP contribution is -2.64. The van der Waals surface area contributed by atoms with Gasteiger partial charge < -0.3 is 9.80 Å². The molecule has 2 saturated heterocycles. The summed E-state index contributed by atoms with van der Waals surface area (Å²) in [6.07, 6.45) is 2.84. The Morgan fingerprint density at radius 1 is 0.914 bits per heavy atom. The van der Waals surface area contributed by atoms with E-state index >= 15 is 0 Å². The monoisotopic (exact) mass is 510 g/mol. The van der Waals surface area contributed by atoms with Crippen LogP contribution in [-0.2, 0) is 9.84 Å². The number of aromatic nitrogens is 1. The van der Waals surface area contributed by atoms with Crippen LogP contribution in [0.15, 0.2) is 65.0 Å². The van der Waals surface area contributed by atoms with E-state index < -0.39 is 9.84 Å². The first-order chi connectivity index (χ1) is 16.8. The smallest absolute Gasteiger partial charge is 0.282 e. The molecule has 3 heterocycles. The van der Waals surface area contributed by atoms with Crippen molar-refractivity contribution >= 4 is 33.0 Å². The summed E-state index contributed by atoms with van der Waals surface area (Å²) < 4.78 is 23.7. The van der Waals surface area contributed by atoms with Crippen molar-refractivity contribution < 1.29 is 18.0 Å². The van der Waals surface area contributed by atoms with Crippen LogP contribution in [0.25, 0.3) is 11.1 Å². The van der Waals surface area contributed by atoms with E-state index in [0.717, 1.165) is 24.2 Å². The zero-order valence-electron chi connectivity index (χ0n) is 19.3. The number of benzene rings is 2. The number of carbonyl (C=O) groups is 2. The van der Waals surface area contributed by atoms with E-state index in [-0.39, 0.29) is 16.7 Å². The fourth-order valence-corrected chi connectivity index (χ4v) is 5.77. The molecule has 0 saturated carbocycles. The molecule has 0 spiro atoms. The second kappa shape index (κ2) is 9.52. The van der Waals surface area contributed by atoms with Crippen LogP contribution in [-0.4, -0.2) is 91.5 Å². The van der Waals surface area contributed by atoms with Gasteiger partial charge in [0.1, 0.15) is 0 Å². The predicted octanol–water partition coefficient (Wildman–Crippen LogP) is 2.50. The molecule has 2 aliphatic rings. The van der Waals surface area contributed by atoms with Crippen LogP contribution in [0.1, 0.15) is 20.2 Å². The Bertz CT molecular complexity index is 1330. The van der Waals surface area contributed by atoms with Gasteiger partial charge in [0.05, 0.1) is 4.90 Å². The highest BCUT2D eigenvalue weighted by molar-refractivity contribution is 7.90. The van der Waals surface area contributed by atoms with Crippen molar-refractivity contribution in [3.05, 3.63) is 70.7 Å². The van der Waals surface area contributed by atoms with Crippen molar-refractivity contribution in [2.45, 2.75) is 10.9 Å². The lowest BCUT2D eigenvalue weighted by Gasteiger charge is -2.48. The number of hydrogen-bond donors (Lipinski definition) is 0. The molecule has 0 bridgehead atoms. The largest absolute Gasteiger partial charge is 0.335 e. The molecule has 3 aromatic rings. The van der Waals surface area contributed by atoms with Gasteiger partial charge in [-0.15, -0.1) is 11.3 Å². The number of likely N-dealkylation sites (tertiary alicyclic amines) is 1. The van der Waals surface area contributed by atoms with Gasteiger partial charge in [0, 0.05) is 68.7 Å². The van der Waals surface area contributed by atoms with Gasteiger partial charge in [-0.1, -0.05) is 24.3 Å². The van der Waals surface area contributed by atoms with Crippen LogP contribution in [0, 0.1) is 0 Å². The number of thiazole rings is 1. The Morgan fingerprint density at radius 3 is 2.26 bits per heavy atom. The average molecular weight is 511 g/mol. The summed E-state index contributed by atoms with van der Waals surface area (Å²) in [7, 11) is -3.28. The molecule has 10 heteroatoms. The number of piperazine rings is 1. The quantitative estimate of drug-likeness (QED) is 0.524. The third kappa shape index (κ3) is 5.00. The summed E-state index contributed by atoms with van der Waals surface area (Å²) in [6.45, 7) is 4.29. The second-order valence-corrected chi connectivity index (χ2v) is 11.8. The Labute approximate surface area is 208 Å². The van der Waals surface area contributed by atoms with E-state index in [0.29, 0.717) is 42.8 Å². The van der Waals surface area contributed by atoms with Crippen molar-refractivity contribution in [3.8, 4) is 11.1 Å². The van der Waals surface area contributed by atoms with Crippen molar-refractivity contribution in [1.82, 2.24) is 19.7 Å². The molecule has 2 fully saturated rings. The first kappa shape index (κ1) is 23.7. The molecule has 0 unspecified atom stereocenters. The van der Waals surface area contributed by atoms with Gasteiger partial charge in [-0.2, -0.15) is 0 Å². The van der Waals surface area contributed by atoms with Crippen molar-refractivity contribution in [2.24, 2.45) is 0 Å². The molecule has 0 aliphatic carbocycles. The number of sulfone groups is 1. The summed E-state index contributed by atoms with van der Waals surface area (Å²) >= 11 is 1.37. The molecular weight excluding hydrogens is 484 g/mol. The van der Waals surface area contributed by atoms with Gasteiger partial charge in [-0.05, 0) is 35.4 Å². The third-order valence-electron chi connectivity index (χ3n) is 6.61. The van der Waals surface area contributed by atoms with Crippen LogP contribution >= 0.6 is 11.3 Å². The van der Waals surface area contributed by atoms with E-state index in [1.54, 1.807) is 36.5 Å². The summed E-state index contributed by atoms with van der Waals surface area (Å²) in [5, 5.41) is 2.35. The van der Waals surface area contributed by atoms with Gasteiger partial charge in [-0.3, -0.25) is 14.5 Å². The molecular formula is C25H26N4O4S2. The molecule has 2 aromatic carbocycles. The van der Waals surface area contributed by atoms with Crippen LogP contribution in [0.5, 0.6) is 0 Å². The Hall–Kier alpha value is -3.08. The maximum absolute atomic E-state index is 12.9. The minimum Gasteiger partial charge on any atom is -0.335 e. The van der Waals surface area contributed by atoms with Gasteiger partial charge in [0.25, 0.3) is 11.8 Å². The maximum atomic E-state index is 12.9. The third-order valence-corrected chi connectivity index (χ3v) is 8.48. The highest BCUT2D eigenvalue weighted by Gasteiger charge is 2.37. The summed E-state index contributed by atoms with van der Waals surface area (Å²) in [6, 6.07) is 14.4. The number of hydrogen-bond acceptors (Lipinski definition) is 7. The van der Waals surface area contributed by atoms with E-state index in [4.69, 9.17) is 0 Å². The number of carbonyl (C=O) groups excluding carboxylic acids is 2. The van der Waals surface area contributed by atoms with Crippen molar-refractivity contribution in [2.75, 3.05) is 45.5 Å². The van der Waals surface area contributed by atoms with Crippen LogP contribution in [0.3, 0.4) is 0 Å². The Balaban J connectivity index is 1.14. The Morgan fingerprint density at radius 2 is 1.63 bits per heavy atom. The number of rotatable bonds is 5. The first-order valence-electron chi connectivity index (χ1n) is 11.4. The molecule has 2 amide bonds. The lowest BCUT2D eigenvalue weighted by atomic mass is 10.0. The van der Waals surface area contributed by atoms with E-state index in [9.17, 15) is 18.0 Å². The van der Waals surface area contributed by atoms with Gasteiger partial charge >= 0.3 is 0 Å². The van der Waals surface area contributed by atoms with Crippen LogP contribution < -0.4 is 0 Å². The minimum atomic E-state index is -3.28. The molecule has 1 aromatic heterocycles. The van der Waals surface area contributed by atoms with Crippen molar-refractivity contribution in [1.29, 1.82) is 0 Å². The summed E-state index contributed by atoms with van der Waals surface area (Å²) in [4.78, 5) is 35.8. The molecule has 5 rings (SSSR count). The Kier molecular flexibility index (Phi) is 6.43. The molecule has 182 valence electrons. The zero-order chi connectivity index (χ0) is 24.6. The predicted molar refractivity (Wildman–Crippen MR) is 134 cm³/mol. The van der Waals surface area contributed by atoms with Gasteiger partial charge in [-0.25, -0.2) is 13.4 Å². The first-order valence-corrected chi connectivity index (χ1v) is 14.2. The van der Waals surface area contributed by atoms with E-state index in [1.807, 2.05) is 33.4 Å². The standard InChI is InChI=1S/C25H26N4O4S2/c1-35(32,33)22-4-2-3-20(15-22)18-5-7-19(8-6-18)24(30)29-16-21(17-29)27-10-12-28(13-11-27)25(31)23-26-9-14-34-23/h2-9,14-15,21H,10-13,16-17H2,1H3. The second-order valence-electron chi connectivity index (χ2n) is 8.91. The normalized spacial score (nSPS) is 17.3. The average Bonchev–Trinajstić information content (AvgIpc) is 3.38. The molecule has 0 atom stereocenters. The van der Waals surface area contributed by atoms with E-state index in [1.165, 1.54) is 17.6 Å². The fraction of sp³-hybridized carbons (Fsp3) is 0.320. The SMILES string of the molecule is CS(=O)(=O)c1cccc(-c2ccc(C(=O)N3CC(N4CCN(C(=O)c5nccs5)CC4)C3)cc2)c1. The minimum absolute atomic E-state index is 0.00319. The maximum Gasteiger partial charge on any atom is 0.282 e. The van der Waals surface area contributed by atoms with Crippen molar-refractivity contribution in [3.63, 3.8) is 0 Å². The molecule has 8 nitrogen and oxygen atoms in total. The fourth-order valence-electron chi connectivity index (χ4n) is 4.50. The van der Waals surface area contributed by atoms with Crippen LogP contribution in [0.4, 0.5) is 0 Å². The lowest BCUT2D eigenvalue weighted by molar-refractivity contribution is 0.00853. The molecule has 2 aliphatic heterocycles. The number of nitrogens with zero attached hydrogens (tertiary/aromatic N) is 4. The molecule has 0 N–H and O–H groups in total. The topological polar surface area (TPSA) is 90.9 Å². The van der Waals surface area contributed by atoms with Crippen LogP contribution in [0.2, 0.25) is 0 Å². The van der Waals surface area contributed by atoms with E-state index in [2.05, 4.69) is 9.88 Å². The highest BCUT2D eigenvalue weighted by atomic mass is 32.2. The van der Waals surface area contributed by atoms with Gasteiger partial charge in [0.2, 0.25) is 0 Å². The summed E-state index contributed by atoms with van der Waals surface area (Å²) in [5.41, 5.74) is 2.27. The molecule has 35 heavy (non-hydrogen) atoms. The summed E-state index contributed by atoms with van der Waals surface area (Å²) in [5.74, 6) is -0.00757. The number of amides is 2.